The lowest BCUT2D eigenvalue weighted by Gasteiger charge is -2.12. The van der Waals surface area contributed by atoms with E-state index in [0.29, 0.717) is 23.7 Å². The summed E-state index contributed by atoms with van der Waals surface area (Å²) in [6.07, 6.45) is 1.60. The van der Waals surface area contributed by atoms with Gasteiger partial charge in [-0.25, -0.2) is 0 Å². The summed E-state index contributed by atoms with van der Waals surface area (Å²) in [4.78, 5) is 11.9. The van der Waals surface area contributed by atoms with Crippen LogP contribution >= 0.6 is 0 Å². The largest absolute Gasteiger partial charge is 0.457 e. The summed E-state index contributed by atoms with van der Waals surface area (Å²) in [5, 5.41) is 0. The molecule has 2 nitrogen and oxygen atoms in total. The number of hydrogen-bond acceptors (Lipinski definition) is 2. The van der Waals surface area contributed by atoms with Gasteiger partial charge in [-0.3, -0.25) is 4.79 Å². The Balaban J connectivity index is 2.21. The molecule has 2 aromatic rings. The maximum atomic E-state index is 11.9. The quantitative estimate of drug-likeness (QED) is 0.646. The number of ether oxygens (including phenoxy) is 1. The van der Waals surface area contributed by atoms with Gasteiger partial charge in [0, 0.05) is 6.42 Å². The summed E-state index contributed by atoms with van der Waals surface area (Å²) >= 11 is 0. The monoisotopic (exact) mass is 282 g/mol. The van der Waals surface area contributed by atoms with Crippen LogP contribution in [0.1, 0.15) is 55.5 Å². The van der Waals surface area contributed by atoms with E-state index >= 15 is 0 Å². The Kier molecular flexibility index (Phi) is 5.15. The van der Waals surface area contributed by atoms with E-state index in [2.05, 4.69) is 26.0 Å². The molecule has 1 unspecified atom stereocenters. The molecule has 0 aliphatic heterocycles. The number of ketones is 1. The van der Waals surface area contributed by atoms with Crippen LogP contribution in [0.2, 0.25) is 0 Å². The molecule has 2 aromatic carbocycles. The second kappa shape index (κ2) is 7.07. The molecule has 0 amide bonds. The SMILES string of the molecule is CCC(=O)c1ccccc1Oc1ccc(C(C)CC)cc1. The second-order valence-corrected chi connectivity index (χ2v) is 5.25. The van der Waals surface area contributed by atoms with Crippen molar-refractivity contribution in [1.82, 2.24) is 0 Å². The minimum Gasteiger partial charge on any atom is -0.457 e. The van der Waals surface area contributed by atoms with Gasteiger partial charge < -0.3 is 4.74 Å². The van der Waals surface area contributed by atoms with Crippen molar-refractivity contribution in [2.75, 3.05) is 0 Å². The number of hydrogen-bond donors (Lipinski definition) is 0. The molecular weight excluding hydrogens is 260 g/mol. The van der Waals surface area contributed by atoms with Gasteiger partial charge in [-0.15, -0.1) is 0 Å². The first-order chi connectivity index (χ1) is 10.2. The molecular formula is C19H22O2. The minimum atomic E-state index is 0.0989. The molecule has 0 radical (unpaired) electrons. The highest BCUT2D eigenvalue weighted by Crippen LogP contribution is 2.28. The van der Waals surface area contributed by atoms with Gasteiger partial charge in [0.2, 0.25) is 0 Å². The van der Waals surface area contributed by atoms with Gasteiger partial charge in [-0.1, -0.05) is 45.0 Å². The summed E-state index contributed by atoms with van der Waals surface area (Å²) in [7, 11) is 0. The molecule has 2 rings (SSSR count). The first-order valence-electron chi connectivity index (χ1n) is 7.55. The maximum Gasteiger partial charge on any atom is 0.166 e. The smallest absolute Gasteiger partial charge is 0.166 e. The molecule has 0 aliphatic carbocycles. The third-order valence-electron chi connectivity index (χ3n) is 3.80. The van der Waals surface area contributed by atoms with Crippen molar-refractivity contribution >= 4 is 5.78 Å². The third kappa shape index (κ3) is 3.72. The lowest BCUT2D eigenvalue weighted by molar-refractivity contribution is 0.0986. The van der Waals surface area contributed by atoms with Gasteiger partial charge in [0.25, 0.3) is 0 Å². The first-order valence-corrected chi connectivity index (χ1v) is 7.55. The Hall–Kier alpha value is -2.09. The number of benzene rings is 2. The van der Waals surface area contributed by atoms with Gasteiger partial charge in [0.05, 0.1) is 5.56 Å². The molecule has 0 N–H and O–H groups in total. The lowest BCUT2D eigenvalue weighted by Crippen LogP contribution is -2.00. The average molecular weight is 282 g/mol. The fraction of sp³-hybridized carbons (Fsp3) is 0.316. The molecule has 2 heteroatoms. The van der Waals surface area contributed by atoms with Crippen molar-refractivity contribution in [3.05, 3.63) is 59.7 Å². The molecule has 0 aliphatic rings. The van der Waals surface area contributed by atoms with E-state index in [1.807, 2.05) is 43.3 Å². The van der Waals surface area contributed by atoms with Crippen molar-refractivity contribution in [1.29, 1.82) is 0 Å². The van der Waals surface area contributed by atoms with E-state index in [4.69, 9.17) is 4.74 Å². The van der Waals surface area contributed by atoms with Crippen LogP contribution in [0.15, 0.2) is 48.5 Å². The van der Waals surface area contributed by atoms with Crippen molar-refractivity contribution in [3.8, 4) is 11.5 Å². The summed E-state index contributed by atoms with van der Waals surface area (Å²) < 4.78 is 5.88. The zero-order valence-electron chi connectivity index (χ0n) is 12.9. The Labute approximate surface area is 126 Å². The van der Waals surface area contributed by atoms with Gasteiger partial charge in [-0.05, 0) is 42.2 Å². The molecule has 0 spiro atoms. The minimum absolute atomic E-state index is 0.0989. The molecule has 0 heterocycles. The number of carbonyl (C=O) groups excluding carboxylic acids is 1. The van der Waals surface area contributed by atoms with E-state index in [-0.39, 0.29) is 5.78 Å². The van der Waals surface area contributed by atoms with Crippen molar-refractivity contribution < 1.29 is 9.53 Å². The van der Waals surface area contributed by atoms with Gasteiger partial charge in [0.1, 0.15) is 11.5 Å². The highest BCUT2D eigenvalue weighted by atomic mass is 16.5. The average Bonchev–Trinajstić information content (AvgIpc) is 2.54. The maximum absolute atomic E-state index is 11.9. The Bertz CT molecular complexity index is 599. The summed E-state index contributed by atoms with van der Waals surface area (Å²) in [6, 6.07) is 15.5. The van der Waals surface area contributed by atoms with Gasteiger partial charge >= 0.3 is 0 Å². The van der Waals surface area contributed by atoms with Gasteiger partial charge in [0.15, 0.2) is 5.78 Å². The van der Waals surface area contributed by atoms with Crippen LogP contribution in [0.4, 0.5) is 0 Å². The molecule has 110 valence electrons. The number of carbonyl (C=O) groups is 1. The number of rotatable bonds is 6. The third-order valence-corrected chi connectivity index (χ3v) is 3.80. The van der Waals surface area contributed by atoms with Crippen LogP contribution in [0.25, 0.3) is 0 Å². The molecule has 0 fully saturated rings. The van der Waals surface area contributed by atoms with E-state index < -0.39 is 0 Å². The fourth-order valence-electron chi connectivity index (χ4n) is 2.20. The number of para-hydroxylation sites is 1. The van der Waals surface area contributed by atoms with Crippen molar-refractivity contribution in [3.63, 3.8) is 0 Å². The number of Topliss-reactive ketones (excluding diaryl/α,β-unsaturated/α-hetero) is 1. The van der Waals surface area contributed by atoms with Crippen molar-refractivity contribution in [2.24, 2.45) is 0 Å². The van der Waals surface area contributed by atoms with Crippen LogP contribution in [-0.2, 0) is 0 Å². The summed E-state index contributed by atoms with van der Waals surface area (Å²) in [5.74, 6) is 2.04. The zero-order valence-corrected chi connectivity index (χ0v) is 12.9. The van der Waals surface area contributed by atoms with Crippen LogP contribution in [0.3, 0.4) is 0 Å². The van der Waals surface area contributed by atoms with E-state index in [1.54, 1.807) is 0 Å². The van der Waals surface area contributed by atoms with Crippen LogP contribution in [0.5, 0.6) is 11.5 Å². The molecule has 0 aromatic heterocycles. The van der Waals surface area contributed by atoms with E-state index in [0.717, 1.165) is 12.2 Å². The highest BCUT2D eigenvalue weighted by Gasteiger charge is 2.11. The van der Waals surface area contributed by atoms with Gasteiger partial charge in [-0.2, -0.15) is 0 Å². The molecule has 0 saturated heterocycles. The molecule has 21 heavy (non-hydrogen) atoms. The van der Waals surface area contributed by atoms with Crippen LogP contribution < -0.4 is 4.74 Å². The van der Waals surface area contributed by atoms with Crippen LogP contribution in [-0.4, -0.2) is 5.78 Å². The summed E-state index contributed by atoms with van der Waals surface area (Å²) in [6.45, 7) is 6.26. The predicted molar refractivity (Wildman–Crippen MR) is 86.3 cm³/mol. The normalized spacial score (nSPS) is 12.0. The summed E-state index contributed by atoms with van der Waals surface area (Å²) in [5.41, 5.74) is 1.95. The predicted octanol–water partition coefficient (Wildman–Crippen LogP) is 5.59. The Morgan fingerprint density at radius 3 is 2.33 bits per heavy atom. The molecule has 0 bridgehead atoms. The van der Waals surface area contributed by atoms with E-state index in [1.165, 1.54) is 5.56 Å². The second-order valence-electron chi connectivity index (χ2n) is 5.25. The Morgan fingerprint density at radius 1 is 1.05 bits per heavy atom. The van der Waals surface area contributed by atoms with E-state index in [9.17, 15) is 4.79 Å². The first kappa shape index (κ1) is 15.3. The molecule has 0 saturated carbocycles. The molecule has 1 atom stereocenters. The van der Waals surface area contributed by atoms with Crippen molar-refractivity contribution in [2.45, 2.75) is 39.5 Å². The topological polar surface area (TPSA) is 26.3 Å². The van der Waals surface area contributed by atoms with Crippen LogP contribution in [0, 0.1) is 0 Å². The standard InChI is InChI=1S/C19H22O2/c1-4-14(3)15-10-12-16(13-11-15)21-19-9-7-6-8-17(19)18(20)5-2/h6-14H,4-5H2,1-3H3. The fourth-order valence-corrected chi connectivity index (χ4v) is 2.20. The highest BCUT2D eigenvalue weighted by molar-refractivity contribution is 5.98. The lowest BCUT2D eigenvalue weighted by atomic mass is 9.99. The Morgan fingerprint density at radius 2 is 1.71 bits per heavy atom. The zero-order chi connectivity index (χ0) is 15.2.